The molecule has 0 unspecified atom stereocenters. The van der Waals surface area contributed by atoms with E-state index >= 15 is 0 Å². The molecule has 0 radical (unpaired) electrons. The van der Waals surface area contributed by atoms with Crippen molar-refractivity contribution in [1.82, 2.24) is 9.78 Å². The number of benzene rings is 1. The van der Waals surface area contributed by atoms with E-state index in [-0.39, 0.29) is 5.56 Å². The highest BCUT2D eigenvalue weighted by Crippen LogP contribution is 2.33. The van der Waals surface area contributed by atoms with Crippen molar-refractivity contribution in [1.29, 1.82) is 5.26 Å². The highest BCUT2D eigenvalue weighted by atomic mass is 19.4. The van der Waals surface area contributed by atoms with Crippen LogP contribution in [0, 0.1) is 11.3 Å². The van der Waals surface area contributed by atoms with Crippen LogP contribution in [0.2, 0.25) is 0 Å². The van der Waals surface area contributed by atoms with Crippen molar-refractivity contribution in [3.63, 3.8) is 0 Å². The molecule has 0 aliphatic rings. The molecule has 1 aromatic carbocycles. The van der Waals surface area contributed by atoms with Crippen LogP contribution in [0.1, 0.15) is 16.8 Å². The van der Waals surface area contributed by atoms with Gasteiger partial charge in [-0.1, -0.05) is 0 Å². The Hall–Kier alpha value is -2.49. The number of alkyl halides is 3. The number of halogens is 3. The van der Waals surface area contributed by atoms with Gasteiger partial charge in [-0.25, -0.2) is 0 Å². The largest absolute Gasteiger partial charge is 0.417 e. The highest BCUT2D eigenvalue weighted by molar-refractivity contribution is 5.53. The summed E-state index contributed by atoms with van der Waals surface area (Å²) in [6.07, 6.45) is -2.80. The van der Waals surface area contributed by atoms with E-state index in [2.05, 4.69) is 10.4 Å². The summed E-state index contributed by atoms with van der Waals surface area (Å²) in [5.41, 5.74) is -0.320. The number of rotatable bonds is 3. The minimum atomic E-state index is -4.55. The molecule has 0 aliphatic carbocycles. The number of nitrogens with one attached hydrogen (secondary N) is 1. The number of nitriles is 1. The molecular weight excluding hydrogens is 269 g/mol. The lowest BCUT2D eigenvalue weighted by Gasteiger charge is -2.11. The molecule has 0 fully saturated rings. The number of hydrogen-bond acceptors (Lipinski definition) is 3. The molecule has 2 aromatic rings. The van der Waals surface area contributed by atoms with Crippen molar-refractivity contribution in [3.05, 3.63) is 47.3 Å². The van der Waals surface area contributed by atoms with E-state index in [0.717, 1.165) is 12.1 Å². The van der Waals surface area contributed by atoms with Gasteiger partial charge in [-0.15, -0.1) is 0 Å². The predicted molar refractivity (Wildman–Crippen MR) is 66.7 cm³/mol. The molecule has 0 aliphatic heterocycles. The van der Waals surface area contributed by atoms with Gasteiger partial charge in [-0.05, 0) is 24.3 Å². The van der Waals surface area contributed by atoms with Gasteiger partial charge in [0.15, 0.2) is 0 Å². The maximum Gasteiger partial charge on any atom is 0.417 e. The summed E-state index contributed by atoms with van der Waals surface area (Å²) in [4.78, 5) is 0. The first-order chi connectivity index (χ1) is 9.40. The second-order valence-electron chi connectivity index (χ2n) is 4.20. The SMILES string of the molecule is Cn1ccc(CNc2ccc(C#N)c(C(F)(F)F)c2)n1. The van der Waals surface area contributed by atoms with Crippen molar-refractivity contribution in [2.45, 2.75) is 12.7 Å². The van der Waals surface area contributed by atoms with Crippen molar-refractivity contribution in [2.75, 3.05) is 5.32 Å². The van der Waals surface area contributed by atoms with Crippen LogP contribution in [0.4, 0.5) is 18.9 Å². The van der Waals surface area contributed by atoms with Gasteiger partial charge in [0, 0.05) is 18.9 Å². The number of hydrogen-bond donors (Lipinski definition) is 1. The van der Waals surface area contributed by atoms with Crippen LogP contribution >= 0.6 is 0 Å². The van der Waals surface area contributed by atoms with Crippen LogP contribution in [-0.2, 0) is 19.8 Å². The number of aromatic nitrogens is 2. The van der Waals surface area contributed by atoms with E-state index in [1.807, 2.05) is 0 Å². The Bertz CT molecular complexity index is 652. The third-order valence-electron chi connectivity index (χ3n) is 2.69. The molecule has 104 valence electrons. The van der Waals surface area contributed by atoms with E-state index in [4.69, 9.17) is 5.26 Å². The zero-order valence-electron chi connectivity index (χ0n) is 10.6. The van der Waals surface area contributed by atoms with Crippen molar-refractivity contribution >= 4 is 5.69 Å². The minimum Gasteiger partial charge on any atom is -0.379 e. The Balaban J connectivity index is 2.19. The van der Waals surface area contributed by atoms with E-state index in [1.54, 1.807) is 30.1 Å². The fourth-order valence-electron chi connectivity index (χ4n) is 1.74. The summed E-state index contributed by atoms with van der Waals surface area (Å²) in [7, 11) is 1.76. The number of nitrogens with zero attached hydrogens (tertiary/aromatic N) is 3. The standard InChI is InChI=1S/C13H11F3N4/c1-20-5-4-11(19-20)8-18-10-3-2-9(7-17)12(6-10)13(14,15)16/h2-6,18H,8H2,1H3. The topological polar surface area (TPSA) is 53.6 Å². The fraction of sp³-hybridized carbons (Fsp3) is 0.231. The molecule has 7 heteroatoms. The van der Waals surface area contributed by atoms with Gasteiger partial charge >= 0.3 is 6.18 Å². The molecule has 4 nitrogen and oxygen atoms in total. The van der Waals surface area contributed by atoms with Gasteiger partial charge < -0.3 is 5.32 Å². The van der Waals surface area contributed by atoms with Crippen molar-refractivity contribution in [3.8, 4) is 6.07 Å². The second-order valence-corrected chi connectivity index (χ2v) is 4.20. The quantitative estimate of drug-likeness (QED) is 0.940. The van der Waals surface area contributed by atoms with Gasteiger partial charge in [0.05, 0.1) is 29.4 Å². The number of anilines is 1. The fourth-order valence-corrected chi connectivity index (χ4v) is 1.74. The Labute approximate surface area is 113 Å². The molecule has 1 N–H and O–H groups in total. The van der Waals surface area contributed by atoms with Crippen LogP contribution in [0.3, 0.4) is 0 Å². The monoisotopic (exact) mass is 280 g/mol. The smallest absolute Gasteiger partial charge is 0.379 e. The highest BCUT2D eigenvalue weighted by Gasteiger charge is 2.33. The third-order valence-corrected chi connectivity index (χ3v) is 2.69. The lowest BCUT2D eigenvalue weighted by molar-refractivity contribution is -0.137. The lowest BCUT2D eigenvalue weighted by Crippen LogP contribution is -2.09. The molecule has 0 bridgehead atoms. The molecule has 0 atom stereocenters. The summed E-state index contributed by atoms with van der Waals surface area (Å²) in [5.74, 6) is 0. The summed E-state index contributed by atoms with van der Waals surface area (Å²) < 4.78 is 40.0. The summed E-state index contributed by atoms with van der Waals surface area (Å²) >= 11 is 0. The molecule has 1 heterocycles. The molecule has 0 saturated carbocycles. The summed E-state index contributed by atoms with van der Waals surface area (Å²) in [6, 6.07) is 6.84. The zero-order chi connectivity index (χ0) is 14.8. The summed E-state index contributed by atoms with van der Waals surface area (Å²) in [5, 5.41) is 15.7. The predicted octanol–water partition coefficient (Wildman–Crippen LogP) is 2.92. The van der Waals surface area contributed by atoms with Crippen LogP contribution in [0.15, 0.2) is 30.5 Å². The van der Waals surface area contributed by atoms with Crippen molar-refractivity contribution in [2.24, 2.45) is 7.05 Å². The number of aryl methyl sites for hydroxylation is 1. The average Bonchev–Trinajstić information content (AvgIpc) is 2.81. The van der Waals surface area contributed by atoms with E-state index < -0.39 is 11.7 Å². The normalized spacial score (nSPS) is 11.2. The van der Waals surface area contributed by atoms with Crippen LogP contribution in [-0.4, -0.2) is 9.78 Å². The Morgan fingerprint density at radius 1 is 1.35 bits per heavy atom. The molecule has 2 rings (SSSR count). The zero-order valence-corrected chi connectivity index (χ0v) is 10.6. The molecule has 0 spiro atoms. The Morgan fingerprint density at radius 3 is 2.65 bits per heavy atom. The second kappa shape index (κ2) is 5.25. The molecule has 0 saturated heterocycles. The first-order valence-electron chi connectivity index (χ1n) is 5.74. The van der Waals surface area contributed by atoms with Crippen LogP contribution in [0.25, 0.3) is 0 Å². The van der Waals surface area contributed by atoms with Gasteiger partial charge in [0.1, 0.15) is 0 Å². The maximum absolute atomic E-state index is 12.8. The maximum atomic E-state index is 12.8. The molecule has 0 amide bonds. The first-order valence-corrected chi connectivity index (χ1v) is 5.74. The Kier molecular flexibility index (Phi) is 3.66. The van der Waals surface area contributed by atoms with E-state index in [9.17, 15) is 13.2 Å². The van der Waals surface area contributed by atoms with Crippen molar-refractivity contribution < 1.29 is 13.2 Å². The van der Waals surface area contributed by atoms with Gasteiger partial charge in [0.25, 0.3) is 0 Å². The summed E-state index contributed by atoms with van der Waals surface area (Å²) in [6.45, 7) is 0.310. The molecule has 20 heavy (non-hydrogen) atoms. The lowest BCUT2D eigenvalue weighted by atomic mass is 10.1. The first kappa shape index (κ1) is 13.9. The Morgan fingerprint density at radius 2 is 2.10 bits per heavy atom. The van der Waals surface area contributed by atoms with Gasteiger partial charge in [-0.3, -0.25) is 4.68 Å². The third kappa shape index (κ3) is 3.09. The average molecular weight is 280 g/mol. The van der Waals surface area contributed by atoms with Crippen LogP contribution < -0.4 is 5.32 Å². The van der Waals surface area contributed by atoms with E-state index in [0.29, 0.717) is 17.9 Å². The minimum absolute atomic E-state index is 0.293. The van der Waals surface area contributed by atoms with Gasteiger partial charge in [0.2, 0.25) is 0 Å². The van der Waals surface area contributed by atoms with Crippen LogP contribution in [0.5, 0.6) is 0 Å². The molecular formula is C13H11F3N4. The van der Waals surface area contributed by atoms with E-state index in [1.165, 1.54) is 6.07 Å². The molecule has 1 aromatic heterocycles. The van der Waals surface area contributed by atoms with Gasteiger partial charge in [-0.2, -0.15) is 23.5 Å².